The molecule has 1 unspecified atom stereocenters. The highest BCUT2D eigenvalue weighted by Crippen LogP contribution is 2.67. The fraction of sp³-hybridized carbons (Fsp3) is 0.143. The fourth-order valence-electron chi connectivity index (χ4n) is 3.53. The second kappa shape index (κ2) is 5.65. The zero-order valence-corrected chi connectivity index (χ0v) is 15.4. The Morgan fingerprint density at radius 1 is 0.885 bits per heavy atom. The quantitative estimate of drug-likeness (QED) is 0.627. The van der Waals surface area contributed by atoms with Crippen LogP contribution in [0.2, 0.25) is 0 Å². The van der Waals surface area contributed by atoms with E-state index in [0.29, 0.717) is 16.6 Å². The molecular weight excluding hydrogens is 347 g/mol. The van der Waals surface area contributed by atoms with Gasteiger partial charge in [-0.1, -0.05) is 42.5 Å². The Kier molecular flexibility index (Phi) is 3.64. The van der Waals surface area contributed by atoms with Crippen molar-refractivity contribution in [2.24, 2.45) is 0 Å². The number of hydrogen-bond acceptors (Lipinski definition) is 4. The number of fused-ring (bicyclic) bond motifs is 3. The molecule has 26 heavy (non-hydrogen) atoms. The van der Waals surface area contributed by atoms with Gasteiger partial charge in [-0.15, -0.1) is 0 Å². The van der Waals surface area contributed by atoms with Gasteiger partial charge in [-0.05, 0) is 37.6 Å². The lowest BCUT2D eigenvalue weighted by Gasteiger charge is -2.39. The summed E-state index contributed by atoms with van der Waals surface area (Å²) >= 11 is 0. The summed E-state index contributed by atoms with van der Waals surface area (Å²) in [4.78, 5) is 0. The molecule has 0 amide bonds. The fourth-order valence-corrected chi connectivity index (χ4v) is 6.19. The maximum atomic E-state index is 14.3. The van der Waals surface area contributed by atoms with Crippen molar-refractivity contribution in [1.29, 1.82) is 0 Å². The first kappa shape index (κ1) is 16.7. The van der Waals surface area contributed by atoms with Gasteiger partial charge < -0.3 is 14.7 Å². The summed E-state index contributed by atoms with van der Waals surface area (Å²) in [5, 5.41) is 19.6. The average molecular weight is 366 g/mol. The minimum Gasteiger partial charge on any atom is -0.508 e. The summed E-state index contributed by atoms with van der Waals surface area (Å²) in [5.41, 5.74) is 2.25. The molecule has 1 heterocycles. The van der Waals surface area contributed by atoms with Crippen molar-refractivity contribution in [2.45, 2.75) is 19.0 Å². The first-order chi connectivity index (χ1) is 12.3. The number of benzene rings is 3. The van der Waals surface area contributed by atoms with Crippen molar-refractivity contribution in [2.75, 3.05) is 0 Å². The first-order valence-electron chi connectivity index (χ1n) is 8.36. The summed E-state index contributed by atoms with van der Waals surface area (Å²) in [6.45, 7) is 3.59. The number of hydrogen-bond donors (Lipinski definition) is 2. The zero-order valence-electron chi connectivity index (χ0n) is 14.5. The third-order valence-electron chi connectivity index (χ3n) is 5.00. The summed E-state index contributed by atoms with van der Waals surface area (Å²) in [5.74, 6) is 0.418. The molecule has 0 fully saturated rings. The summed E-state index contributed by atoms with van der Waals surface area (Å²) in [7, 11) is -3.44. The molecule has 0 saturated carbocycles. The maximum Gasteiger partial charge on any atom is 0.287 e. The SMILES string of the molecule is CC(C)(c1ccc(O)cc1O)P1(=O)Oc2ccccc2-c2ccccc21. The first-order valence-corrected chi connectivity index (χ1v) is 9.98. The van der Waals surface area contributed by atoms with E-state index in [0.717, 1.165) is 11.1 Å². The lowest BCUT2D eigenvalue weighted by molar-refractivity contribution is 0.426. The van der Waals surface area contributed by atoms with Gasteiger partial charge in [0.05, 0.1) is 10.5 Å². The van der Waals surface area contributed by atoms with Gasteiger partial charge >= 0.3 is 0 Å². The Morgan fingerprint density at radius 3 is 2.27 bits per heavy atom. The largest absolute Gasteiger partial charge is 0.508 e. The van der Waals surface area contributed by atoms with Crippen molar-refractivity contribution >= 4 is 12.7 Å². The highest BCUT2D eigenvalue weighted by Gasteiger charge is 2.50. The van der Waals surface area contributed by atoms with Crippen LogP contribution in [0.5, 0.6) is 17.2 Å². The minimum absolute atomic E-state index is 0.0457. The van der Waals surface area contributed by atoms with Gasteiger partial charge in [-0.3, -0.25) is 4.57 Å². The number of para-hydroxylation sites is 1. The Bertz CT molecular complexity index is 1060. The molecule has 3 aromatic carbocycles. The lowest BCUT2D eigenvalue weighted by atomic mass is 10.0. The molecule has 4 rings (SSSR count). The van der Waals surface area contributed by atoms with E-state index in [1.54, 1.807) is 19.9 Å². The molecule has 0 aliphatic carbocycles. The molecule has 0 spiro atoms. The van der Waals surface area contributed by atoms with Gasteiger partial charge in [0.2, 0.25) is 0 Å². The van der Waals surface area contributed by atoms with Gasteiger partial charge in [0.25, 0.3) is 7.37 Å². The number of phenols is 2. The second-order valence-corrected chi connectivity index (χ2v) is 9.80. The molecule has 1 aliphatic heterocycles. The molecule has 1 aliphatic rings. The predicted molar refractivity (Wildman–Crippen MR) is 103 cm³/mol. The van der Waals surface area contributed by atoms with Crippen LogP contribution < -0.4 is 9.83 Å². The van der Waals surface area contributed by atoms with Gasteiger partial charge in [-0.25, -0.2) is 0 Å². The Morgan fingerprint density at radius 2 is 1.54 bits per heavy atom. The van der Waals surface area contributed by atoms with Gasteiger partial charge in [-0.2, -0.15) is 0 Å². The summed E-state index contributed by atoms with van der Waals surface area (Å²) < 4.78 is 20.4. The lowest BCUT2D eigenvalue weighted by Crippen LogP contribution is -2.31. The van der Waals surface area contributed by atoms with E-state index in [9.17, 15) is 14.8 Å². The maximum absolute atomic E-state index is 14.3. The number of phenolic OH excluding ortho intramolecular Hbond substituents is 2. The Balaban J connectivity index is 1.98. The molecule has 0 bridgehead atoms. The molecule has 0 aromatic heterocycles. The van der Waals surface area contributed by atoms with Crippen LogP contribution in [0.25, 0.3) is 11.1 Å². The van der Waals surface area contributed by atoms with Crippen LogP contribution in [-0.2, 0) is 9.72 Å². The van der Waals surface area contributed by atoms with E-state index >= 15 is 0 Å². The smallest absolute Gasteiger partial charge is 0.287 e. The average Bonchev–Trinajstić information content (AvgIpc) is 2.61. The molecule has 5 heteroatoms. The summed E-state index contributed by atoms with van der Waals surface area (Å²) in [6, 6.07) is 19.4. The van der Waals surface area contributed by atoms with Gasteiger partial charge in [0.15, 0.2) is 0 Å². The van der Waals surface area contributed by atoms with Gasteiger partial charge in [0, 0.05) is 17.2 Å². The molecule has 0 radical (unpaired) electrons. The monoisotopic (exact) mass is 366 g/mol. The molecule has 1 atom stereocenters. The number of aromatic hydroxyl groups is 2. The molecular formula is C21H19O4P. The normalized spacial score (nSPS) is 18.5. The summed E-state index contributed by atoms with van der Waals surface area (Å²) in [6.07, 6.45) is 0. The van der Waals surface area contributed by atoms with E-state index in [4.69, 9.17) is 4.52 Å². The van der Waals surface area contributed by atoms with E-state index in [2.05, 4.69) is 0 Å². The van der Waals surface area contributed by atoms with Crippen molar-refractivity contribution in [3.05, 3.63) is 72.3 Å². The van der Waals surface area contributed by atoms with Crippen molar-refractivity contribution in [3.63, 3.8) is 0 Å². The van der Waals surface area contributed by atoms with Crippen LogP contribution >= 0.6 is 7.37 Å². The predicted octanol–water partition coefficient (Wildman–Crippen LogP) is 5.00. The van der Waals surface area contributed by atoms with E-state index in [1.165, 1.54) is 12.1 Å². The van der Waals surface area contributed by atoms with Crippen molar-refractivity contribution < 1.29 is 19.3 Å². The highest BCUT2D eigenvalue weighted by molar-refractivity contribution is 7.68. The molecule has 2 N–H and O–H groups in total. The Labute approximate surface area is 152 Å². The van der Waals surface area contributed by atoms with E-state index < -0.39 is 12.5 Å². The van der Waals surface area contributed by atoms with Gasteiger partial charge in [0.1, 0.15) is 17.2 Å². The van der Waals surface area contributed by atoms with Crippen LogP contribution in [0.15, 0.2) is 66.7 Å². The third kappa shape index (κ3) is 2.26. The molecule has 0 saturated heterocycles. The van der Waals surface area contributed by atoms with Crippen LogP contribution in [0.3, 0.4) is 0 Å². The molecule has 4 nitrogen and oxygen atoms in total. The molecule has 132 valence electrons. The second-order valence-electron chi connectivity index (χ2n) is 6.92. The number of rotatable bonds is 2. The van der Waals surface area contributed by atoms with Crippen LogP contribution in [0.1, 0.15) is 19.4 Å². The van der Waals surface area contributed by atoms with E-state index in [1.807, 2.05) is 48.5 Å². The van der Waals surface area contributed by atoms with Crippen molar-refractivity contribution in [3.8, 4) is 28.4 Å². The van der Waals surface area contributed by atoms with Crippen LogP contribution in [0, 0.1) is 0 Å². The topological polar surface area (TPSA) is 66.8 Å². The molecule has 3 aromatic rings. The zero-order chi connectivity index (χ0) is 18.5. The standard InChI is InChI=1S/C21H19O4P/c1-21(2,17-12-11-14(22)13-18(17)23)26(24)20-10-6-4-8-16(20)15-7-3-5-9-19(15)25-26/h3-13,22-23H,1-2H3. The van der Waals surface area contributed by atoms with Crippen molar-refractivity contribution in [1.82, 2.24) is 0 Å². The van der Waals surface area contributed by atoms with Crippen LogP contribution in [0.4, 0.5) is 0 Å². The van der Waals surface area contributed by atoms with Crippen LogP contribution in [-0.4, -0.2) is 10.2 Å². The Hall–Kier alpha value is -2.71. The third-order valence-corrected chi connectivity index (χ3v) is 8.19. The minimum atomic E-state index is -3.44. The van der Waals surface area contributed by atoms with E-state index in [-0.39, 0.29) is 11.5 Å². The highest BCUT2D eigenvalue weighted by atomic mass is 31.2.